The Morgan fingerprint density at radius 1 is 1.47 bits per heavy atom. The molecule has 4 nitrogen and oxygen atoms in total. The highest BCUT2D eigenvalue weighted by Crippen LogP contribution is 2.12. The van der Waals surface area contributed by atoms with Gasteiger partial charge < -0.3 is 15.8 Å². The molecule has 0 spiro atoms. The minimum Gasteiger partial charge on any atom is -0.399 e. The van der Waals surface area contributed by atoms with Gasteiger partial charge in [0.1, 0.15) is 0 Å². The number of anilines is 1. The van der Waals surface area contributed by atoms with E-state index in [0.717, 1.165) is 25.0 Å². The number of hydrogen-bond donors (Lipinski definition) is 2. The average molecular weight is 234 g/mol. The summed E-state index contributed by atoms with van der Waals surface area (Å²) in [5, 5.41) is 2.97. The molecule has 1 heterocycles. The van der Waals surface area contributed by atoms with Crippen LogP contribution in [0.4, 0.5) is 5.69 Å². The molecule has 1 aromatic rings. The largest absolute Gasteiger partial charge is 0.399 e. The van der Waals surface area contributed by atoms with Gasteiger partial charge in [0.25, 0.3) is 5.91 Å². The number of aryl methyl sites for hydroxylation is 1. The van der Waals surface area contributed by atoms with Crippen molar-refractivity contribution in [2.45, 2.75) is 25.8 Å². The van der Waals surface area contributed by atoms with Crippen molar-refractivity contribution in [3.8, 4) is 0 Å². The molecule has 1 aromatic carbocycles. The van der Waals surface area contributed by atoms with Gasteiger partial charge in [-0.1, -0.05) is 0 Å². The van der Waals surface area contributed by atoms with Gasteiger partial charge in [0, 0.05) is 17.9 Å². The quantitative estimate of drug-likeness (QED) is 0.762. The maximum atomic E-state index is 12.0. The summed E-state index contributed by atoms with van der Waals surface area (Å²) >= 11 is 0. The van der Waals surface area contributed by atoms with Crippen molar-refractivity contribution in [2.24, 2.45) is 0 Å². The number of benzene rings is 1. The van der Waals surface area contributed by atoms with Crippen molar-refractivity contribution in [1.82, 2.24) is 5.32 Å². The van der Waals surface area contributed by atoms with E-state index in [1.54, 1.807) is 6.07 Å². The van der Waals surface area contributed by atoms with E-state index in [1.807, 2.05) is 19.1 Å². The van der Waals surface area contributed by atoms with Crippen molar-refractivity contribution in [1.29, 1.82) is 0 Å². The van der Waals surface area contributed by atoms with Crippen LogP contribution in [0.1, 0.15) is 28.8 Å². The molecule has 1 aliphatic rings. The Kier molecular flexibility index (Phi) is 3.64. The number of carbonyl (C=O) groups excluding carboxylic acids is 1. The normalized spacial score (nSPS) is 19.9. The second-order valence-electron chi connectivity index (χ2n) is 4.52. The molecule has 2 rings (SSSR count). The Labute approximate surface area is 101 Å². The standard InChI is InChI=1S/C13H18N2O2/c1-9-5-10(7-11(14)6-9)13(16)15-12-3-2-4-17-8-12/h5-7,12H,2-4,8,14H2,1H3,(H,15,16). The number of carbonyl (C=O) groups is 1. The summed E-state index contributed by atoms with van der Waals surface area (Å²) in [7, 11) is 0. The van der Waals surface area contributed by atoms with Crippen molar-refractivity contribution in [3.05, 3.63) is 29.3 Å². The van der Waals surface area contributed by atoms with Crippen LogP contribution in [0.2, 0.25) is 0 Å². The van der Waals surface area contributed by atoms with E-state index in [1.165, 1.54) is 0 Å². The third-order valence-corrected chi connectivity index (χ3v) is 2.86. The lowest BCUT2D eigenvalue weighted by molar-refractivity contribution is 0.0624. The first-order valence-corrected chi connectivity index (χ1v) is 5.91. The molecular formula is C13H18N2O2. The molecule has 3 N–H and O–H groups in total. The summed E-state index contributed by atoms with van der Waals surface area (Å²) in [4.78, 5) is 12.0. The van der Waals surface area contributed by atoms with Crippen LogP contribution >= 0.6 is 0 Å². The fourth-order valence-electron chi connectivity index (χ4n) is 2.07. The zero-order chi connectivity index (χ0) is 12.3. The van der Waals surface area contributed by atoms with E-state index in [0.29, 0.717) is 17.9 Å². The summed E-state index contributed by atoms with van der Waals surface area (Å²) in [6.45, 7) is 3.33. The third kappa shape index (κ3) is 3.20. The summed E-state index contributed by atoms with van der Waals surface area (Å²) in [6.07, 6.45) is 1.98. The zero-order valence-corrected chi connectivity index (χ0v) is 10.0. The molecule has 1 saturated heterocycles. The van der Waals surface area contributed by atoms with Crippen LogP contribution in [0.15, 0.2) is 18.2 Å². The van der Waals surface area contributed by atoms with Crippen molar-refractivity contribution < 1.29 is 9.53 Å². The Bertz CT molecular complexity index is 392. The smallest absolute Gasteiger partial charge is 0.251 e. The summed E-state index contributed by atoms with van der Waals surface area (Å²) in [5.41, 5.74) is 7.96. The molecule has 1 atom stereocenters. The molecule has 92 valence electrons. The third-order valence-electron chi connectivity index (χ3n) is 2.86. The Morgan fingerprint density at radius 2 is 2.29 bits per heavy atom. The van der Waals surface area contributed by atoms with Crippen LogP contribution in [0, 0.1) is 6.92 Å². The van der Waals surface area contributed by atoms with Crippen molar-refractivity contribution in [3.63, 3.8) is 0 Å². The molecule has 0 saturated carbocycles. The summed E-state index contributed by atoms with van der Waals surface area (Å²) < 4.78 is 5.33. The Hall–Kier alpha value is -1.55. The molecule has 0 aliphatic carbocycles. The molecule has 1 amide bonds. The minimum absolute atomic E-state index is 0.0732. The number of nitrogens with two attached hydrogens (primary N) is 1. The van der Waals surface area contributed by atoms with Gasteiger partial charge in [-0.25, -0.2) is 0 Å². The highest BCUT2D eigenvalue weighted by molar-refractivity contribution is 5.95. The second kappa shape index (κ2) is 5.19. The van der Waals surface area contributed by atoms with Crippen LogP contribution in [-0.4, -0.2) is 25.2 Å². The topological polar surface area (TPSA) is 64.4 Å². The molecule has 0 bridgehead atoms. The molecule has 1 unspecified atom stereocenters. The molecular weight excluding hydrogens is 216 g/mol. The maximum absolute atomic E-state index is 12.0. The molecule has 1 aliphatic heterocycles. The van der Waals surface area contributed by atoms with Gasteiger partial charge in [0.15, 0.2) is 0 Å². The first-order valence-electron chi connectivity index (χ1n) is 5.91. The fourth-order valence-corrected chi connectivity index (χ4v) is 2.07. The lowest BCUT2D eigenvalue weighted by atomic mass is 10.1. The van der Waals surface area contributed by atoms with Gasteiger partial charge in [-0.15, -0.1) is 0 Å². The second-order valence-corrected chi connectivity index (χ2v) is 4.52. The molecule has 1 fully saturated rings. The van der Waals surface area contributed by atoms with Crippen LogP contribution < -0.4 is 11.1 Å². The van der Waals surface area contributed by atoms with Crippen molar-refractivity contribution >= 4 is 11.6 Å². The predicted molar refractivity (Wildman–Crippen MR) is 66.9 cm³/mol. The van der Waals surface area contributed by atoms with Crippen molar-refractivity contribution in [2.75, 3.05) is 18.9 Å². The van der Waals surface area contributed by atoms with Gasteiger partial charge in [-0.2, -0.15) is 0 Å². The number of amides is 1. The molecule has 0 aromatic heterocycles. The van der Waals surface area contributed by atoms with Crippen LogP contribution in [0.3, 0.4) is 0 Å². The highest BCUT2D eigenvalue weighted by atomic mass is 16.5. The van der Waals surface area contributed by atoms with Gasteiger partial charge >= 0.3 is 0 Å². The van der Waals surface area contributed by atoms with E-state index >= 15 is 0 Å². The summed E-state index contributed by atoms with van der Waals surface area (Å²) in [5.74, 6) is -0.0732. The number of nitrogens with one attached hydrogen (secondary N) is 1. The minimum atomic E-state index is -0.0732. The average Bonchev–Trinajstić information content (AvgIpc) is 2.29. The van der Waals surface area contributed by atoms with Gasteiger partial charge in [-0.3, -0.25) is 4.79 Å². The number of rotatable bonds is 2. The first kappa shape index (κ1) is 11.9. The molecule has 4 heteroatoms. The van der Waals surface area contributed by atoms with Gasteiger partial charge in [-0.05, 0) is 43.5 Å². The zero-order valence-electron chi connectivity index (χ0n) is 10.0. The number of ether oxygens (including phenoxy) is 1. The van der Waals surface area contributed by atoms with Gasteiger partial charge in [0.2, 0.25) is 0 Å². The maximum Gasteiger partial charge on any atom is 0.251 e. The predicted octanol–water partition coefficient (Wildman–Crippen LogP) is 1.49. The lowest BCUT2D eigenvalue weighted by Crippen LogP contribution is -2.40. The number of nitrogen functional groups attached to an aromatic ring is 1. The Morgan fingerprint density at radius 3 is 2.94 bits per heavy atom. The van der Waals surface area contributed by atoms with Crippen LogP contribution in [0.25, 0.3) is 0 Å². The van der Waals surface area contributed by atoms with Crippen LogP contribution in [0.5, 0.6) is 0 Å². The van der Waals surface area contributed by atoms with E-state index in [-0.39, 0.29) is 11.9 Å². The molecule has 17 heavy (non-hydrogen) atoms. The van der Waals surface area contributed by atoms with Gasteiger partial charge in [0.05, 0.1) is 12.6 Å². The number of hydrogen-bond acceptors (Lipinski definition) is 3. The fraction of sp³-hybridized carbons (Fsp3) is 0.462. The van der Waals surface area contributed by atoms with Crippen LogP contribution in [-0.2, 0) is 4.74 Å². The highest BCUT2D eigenvalue weighted by Gasteiger charge is 2.17. The van der Waals surface area contributed by atoms with E-state index in [4.69, 9.17) is 10.5 Å². The first-order chi connectivity index (χ1) is 8.15. The SMILES string of the molecule is Cc1cc(N)cc(C(=O)NC2CCCOC2)c1. The summed E-state index contributed by atoms with van der Waals surface area (Å²) in [6, 6.07) is 5.51. The Balaban J connectivity index is 2.03. The monoisotopic (exact) mass is 234 g/mol. The lowest BCUT2D eigenvalue weighted by Gasteiger charge is -2.23. The molecule has 0 radical (unpaired) electrons. The van der Waals surface area contributed by atoms with E-state index < -0.39 is 0 Å². The van der Waals surface area contributed by atoms with E-state index in [2.05, 4.69) is 5.32 Å². The van der Waals surface area contributed by atoms with E-state index in [9.17, 15) is 4.79 Å².